The van der Waals surface area contributed by atoms with Crippen LogP contribution in [0.4, 0.5) is 0 Å². The van der Waals surface area contributed by atoms with Gasteiger partial charge in [-0.15, -0.1) is 0 Å². The van der Waals surface area contributed by atoms with Crippen LogP contribution < -0.4 is 11.1 Å². The average molecular weight is 228 g/mol. The highest BCUT2D eigenvalue weighted by Crippen LogP contribution is 2.25. The van der Waals surface area contributed by atoms with Gasteiger partial charge in [0, 0.05) is 18.5 Å². The number of nitrogens with one attached hydrogen (secondary N) is 1. The molecule has 3 unspecified atom stereocenters. The van der Waals surface area contributed by atoms with Crippen LogP contribution in [-0.4, -0.2) is 29.1 Å². The molecule has 5 nitrogen and oxygen atoms in total. The smallest absolute Gasteiger partial charge is 0.306 e. The third-order valence-corrected chi connectivity index (χ3v) is 2.97. The Morgan fingerprint density at radius 3 is 2.69 bits per heavy atom. The number of carboxylic acid groups (broad SMARTS) is 1. The summed E-state index contributed by atoms with van der Waals surface area (Å²) in [5.74, 6) is -1.07. The molecule has 1 fully saturated rings. The van der Waals surface area contributed by atoms with Gasteiger partial charge < -0.3 is 16.2 Å². The first-order valence-corrected chi connectivity index (χ1v) is 5.76. The number of aliphatic carboxylic acids is 1. The van der Waals surface area contributed by atoms with Crippen molar-refractivity contribution in [1.82, 2.24) is 5.32 Å². The van der Waals surface area contributed by atoms with Crippen molar-refractivity contribution in [3.8, 4) is 0 Å². The first-order valence-electron chi connectivity index (χ1n) is 5.76. The van der Waals surface area contributed by atoms with Gasteiger partial charge in [0.15, 0.2) is 0 Å². The molecule has 1 aliphatic carbocycles. The summed E-state index contributed by atoms with van der Waals surface area (Å²) in [5.41, 5.74) is 5.55. The topological polar surface area (TPSA) is 92.4 Å². The number of hydrogen-bond acceptors (Lipinski definition) is 3. The van der Waals surface area contributed by atoms with Gasteiger partial charge in [0.05, 0.1) is 5.92 Å². The summed E-state index contributed by atoms with van der Waals surface area (Å²) in [4.78, 5) is 22.2. The molecule has 0 saturated heterocycles. The van der Waals surface area contributed by atoms with Crippen molar-refractivity contribution >= 4 is 11.9 Å². The molecule has 1 amide bonds. The Morgan fingerprint density at radius 2 is 2.19 bits per heavy atom. The fraction of sp³-hybridized carbons (Fsp3) is 0.818. The van der Waals surface area contributed by atoms with Crippen molar-refractivity contribution in [1.29, 1.82) is 0 Å². The van der Waals surface area contributed by atoms with E-state index >= 15 is 0 Å². The van der Waals surface area contributed by atoms with Crippen LogP contribution in [-0.2, 0) is 9.59 Å². The zero-order chi connectivity index (χ0) is 12.1. The number of carboxylic acids is 1. The minimum absolute atomic E-state index is 0.0201. The molecule has 0 aromatic rings. The molecule has 5 heteroatoms. The Labute approximate surface area is 95.4 Å². The third kappa shape index (κ3) is 4.18. The second-order valence-corrected chi connectivity index (χ2v) is 4.63. The summed E-state index contributed by atoms with van der Waals surface area (Å²) < 4.78 is 0. The van der Waals surface area contributed by atoms with Crippen LogP contribution in [0.1, 0.15) is 39.0 Å². The normalized spacial score (nSPS) is 26.4. The molecule has 4 N–H and O–H groups in total. The molecule has 92 valence electrons. The van der Waals surface area contributed by atoms with Crippen LogP contribution >= 0.6 is 0 Å². The Bertz CT molecular complexity index is 266. The fourth-order valence-electron chi connectivity index (χ4n) is 2.00. The minimum atomic E-state index is -0.757. The van der Waals surface area contributed by atoms with Gasteiger partial charge in [-0.2, -0.15) is 0 Å². The van der Waals surface area contributed by atoms with Gasteiger partial charge in [-0.05, 0) is 32.6 Å². The summed E-state index contributed by atoms with van der Waals surface area (Å²) >= 11 is 0. The van der Waals surface area contributed by atoms with Gasteiger partial charge >= 0.3 is 5.97 Å². The lowest BCUT2D eigenvalue weighted by Crippen LogP contribution is -2.34. The van der Waals surface area contributed by atoms with Crippen LogP contribution in [0, 0.1) is 5.92 Å². The van der Waals surface area contributed by atoms with Gasteiger partial charge in [0.25, 0.3) is 0 Å². The fourth-order valence-corrected chi connectivity index (χ4v) is 2.00. The predicted octanol–water partition coefficient (Wildman–Crippen LogP) is 0.483. The largest absolute Gasteiger partial charge is 0.481 e. The van der Waals surface area contributed by atoms with E-state index in [1.54, 1.807) is 0 Å². The molecule has 0 spiro atoms. The number of nitrogens with two attached hydrogens (primary N) is 1. The van der Waals surface area contributed by atoms with E-state index in [0.717, 1.165) is 6.42 Å². The van der Waals surface area contributed by atoms with Gasteiger partial charge in [-0.3, -0.25) is 9.59 Å². The van der Waals surface area contributed by atoms with Crippen molar-refractivity contribution in [2.75, 3.05) is 0 Å². The quantitative estimate of drug-likeness (QED) is 0.638. The molecular weight excluding hydrogens is 208 g/mol. The van der Waals surface area contributed by atoms with E-state index in [0.29, 0.717) is 25.7 Å². The average Bonchev–Trinajstić information content (AvgIpc) is 2.63. The highest BCUT2D eigenvalue weighted by molar-refractivity contribution is 5.76. The van der Waals surface area contributed by atoms with E-state index < -0.39 is 5.97 Å². The van der Waals surface area contributed by atoms with Gasteiger partial charge in [-0.1, -0.05) is 0 Å². The van der Waals surface area contributed by atoms with E-state index in [1.165, 1.54) is 0 Å². The number of rotatable bonds is 5. The maximum absolute atomic E-state index is 11.5. The molecule has 0 aliphatic heterocycles. The molecule has 16 heavy (non-hydrogen) atoms. The molecular formula is C11H20N2O3. The van der Waals surface area contributed by atoms with Crippen molar-refractivity contribution in [3.05, 3.63) is 0 Å². The Morgan fingerprint density at radius 1 is 1.50 bits per heavy atom. The molecule has 1 aliphatic rings. The minimum Gasteiger partial charge on any atom is -0.481 e. The summed E-state index contributed by atoms with van der Waals surface area (Å²) in [6.07, 6.45) is 3.07. The lowest BCUT2D eigenvalue weighted by Gasteiger charge is -2.12. The standard InChI is InChI=1S/C11H20N2O3/c1-7(12)2-5-10(14)13-9-4-3-8(6-9)11(15)16/h7-9H,2-6,12H2,1H3,(H,13,14)(H,15,16). The highest BCUT2D eigenvalue weighted by Gasteiger charge is 2.30. The number of amides is 1. The van der Waals surface area contributed by atoms with E-state index in [-0.39, 0.29) is 23.9 Å². The monoisotopic (exact) mass is 228 g/mol. The van der Waals surface area contributed by atoms with Crippen molar-refractivity contribution in [2.45, 2.75) is 51.1 Å². The lowest BCUT2D eigenvalue weighted by atomic mass is 10.1. The van der Waals surface area contributed by atoms with Crippen molar-refractivity contribution in [2.24, 2.45) is 11.7 Å². The van der Waals surface area contributed by atoms with Gasteiger partial charge in [-0.25, -0.2) is 0 Å². The van der Waals surface area contributed by atoms with Crippen LogP contribution in [0.5, 0.6) is 0 Å². The second-order valence-electron chi connectivity index (χ2n) is 4.63. The number of hydrogen-bond donors (Lipinski definition) is 3. The van der Waals surface area contributed by atoms with Gasteiger partial charge in [0.1, 0.15) is 0 Å². The SMILES string of the molecule is CC(N)CCC(=O)NC1CCC(C(=O)O)C1. The number of carbonyl (C=O) groups is 2. The highest BCUT2D eigenvalue weighted by atomic mass is 16.4. The van der Waals surface area contributed by atoms with E-state index in [9.17, 15) is 9.59 Å². The molecule has 1 saturated carbocycles. The zero-order valence-corrected chi connectivity index (χ0v) is 9.61. The maximum atomic E-state index is 11.5. The first kappa shape index (κ1) is 13.0. The Balaban J connectivity index is 2.23. The van der Waals surface area contributed by atoms with Crippen LogP contribution in [0.25, 0.3) is 0 Å². The van der Waals surface area contributed by atoms with Crippen LogP contribution in [0.3, 0.4) is 0 Å². The lowest BCUT2D eigenvalue weighted by molar-refractivity contribution is -0.141. The molecule has 0 heterocycles. The Kier molecular flexibility index (Phi) is 4.73. The van der Waals surface area contributed by atoms with Crippen LogP contribution in [0.2, 0.25) is 0 Å². The molecule has 0 radical (unpaired) electrons. The second kappa shape index (κ2) is 5.84. The molecule has 0 bridgehead atoms. The Hall–Kier alpha value is -1.10. The molecule has 0 aromatic carbocycles. The first-order chi connectivity index (χ1) is 7.49. The summed E-state index contributed by atoms with van der Waals surface area (Å²) in [5, 5.41) is 11.7. The summed E-state index contributed by atoms with van der Waals surface area (Å²) in [7, 11) is 0. The van der Waals surface area contributed by atoms with E-state index in [2.05, 4.69) is 5.32 Å². The van der Waals surface area contributed by atoms with E-state index in [4.69, 9.17) is 10.8 Å². The maximum Gasteiger partial charge on any atom is 0.306 e. The predicted molar refractivity (Wildman–Crippen MR) is 59.8 cm³/mol. The summed E-state index contributed by atoms with van der Waals surface area (Å²) in [6.45, 7) is 1.86. The zero-order valence-electron chi connectivity index (χ0n) is 9.61. The van der Waals surface area contributed by atoms with E-state index in [1.807, 2.05) is 6.92 Å². The summed E-state index contributed by atoms with van der Waals surface area (Å²) in [6, 6.07) is 0.0581. The van der Waals surface area contributed by atoms with Crippen molar-refractivity contribution in [3.63, 3.8) is 0 Å². The molecule has 3 atom stereocenters. The molecule has 1 rings (SSSR count). The number of carbonyl (C=O) groups excluding carboxylic acids is 1. The van der Waals surface area contributed by atoms with Gasteiger partial charge in [0.2, 0.25) is 5.91 Å². The molecule has 0 aromatic heterocycles. The third-order valence-electron chi connectivity index (χ3n) is 2.97. The van der Waals surface area contributed by atoms with Crippen molar-refractivity contribution < 1.29 is 14.7 Å². The van der Waals surface area contributed by atoms with Crippen LogP contribution in [0.15, 0.2) is 0 Å².